The summed E-state index contributed by atoms with van der Waals surface area (Å²) in [6.07, 6.45) is 5.24. The molecular weight excluding hydrogens is 338 g/mol. The van der Waals surface area contributed by atoms with Crippen molar-refractivity contribution < 1.29 is 17.9 Å². The Kier molecular flexibility index (Phi) is 4.81. The minimum Gasteiger partial charge on any atom is -0.463 e. The number of fused-ring (bicyclic) bond motifs is 1. The molecule has 0 spiro atoms. The topological polar surface area (TPSA) is 65.4 Å². The second-order valence-corrected chi connectivity index (χ2v) is 7.88. The van der Waals surface area contributed by atoms with Gasteiger partial charge in [-0.05, 0) is 62.4 Å². The van der Waals surface area contributed by atoms with Gasteiger partial charge in [0, 0.05) is 18.0 Å². The maximum atomic E-state index is 13.0. The molecule has 0 N–H and O–H groups in total. The zero-order chi connectivity index (χ0) is 18.0. The van der Waals surface area contributed by atoms with Gasteiger partial charge in [0.05, 0.1) is 11.5 Å². The fourth-order valence-corrected chi connectivity index (χ4v) is 4.50. The summed E-state index contributed by atoms with van der Waals surface area (Å²) in [4.78, 5) is 12.0. The summed E-state index contributed by atoms with van der Waals surface area (Å²) >= 11 is 0. The lowest BCUT2D eigenvalue weighted by Crippen LogP contribution is -2.17. The van der Waals surface area contributed by atoms with Crippen LogP contribution in [0, 0.1) is 6.92 Å². The van der Waals surface area contributed by atoms with Crippen molar-refractivity contribution in [3.8, 4) is 0 Å². The Hall–Kier alpha value is -2.34. The van der Waals surface area contributed by atoms with E-state index in [0.717, 1.165) is 35.2 Å². The fraction of sp³-hybridized carbons (Fsp3) is 0.316. The number of carbonyl (C=O) groups excluding carboxylic acids is 1. The van der Waals surface area contributed by atoms with Crippen molar-refractivity contribution in [2.24, 2.45) is 0 Å². The molecule has 1 heterocycles. The lowest BCUT2D eigenvalue weighted by molar-refractivity contribution is -0.137. The van der Waals surface area contributed by atoms with Crippen LogP contribution < -0.4 is 0 Å². The van der Waals surface area contributed by atoms with Gasteiger partial charge in [-0.3, -0.25) is 0 Å². The highest BCUT2D eigenvalue weighted by atomic mass is 32.2. The number of benzene rings is 1. The number of nitrogens with zero attached hydrogens (tertiary/aromatic N) is 1. The van der Waals surface area contributed by atoms with Crippen LogP contribution in [0.3, 0.4) is 0 Å². The zero-order valence-corrected chi connectivity index (χ0v) is 15.2. The zero-order valence-electron chi connectivity index (χ0n) is 14.4. The maximum Gasteiger partial charge on any atom is 0.331 e. The average molecular weight is 359 g/mol. The van der Waals surface area contributed by atoms with E-state index >= 15 is 0 Å². The quantitative estimate of drug-likeness (QED) is 0.620. The molecule has 132 valence electrons. The summed E-state index contributed by atoms with van der Waals surface area (Å²) in [6.45, 7) is 3.99. The smallest absolute Gasteiger partial charge is 0.331 e. The van der Waals surface area contributed by atoms with Crippen molar-refractivity contribution in [2.45, 2.75) is 38.0 Å². The van der Waals surface area contributed by atoms with E-state index in [0.29, 0.717) is 13.0 Å². The van der Waals surface area contributed by atoms with E-state index in [-0.39, 0.29) is 10.9 Å². The normalized spacial score (nSPS) is 15.8. The molecule has 0 aliphatic heterocycles. The number of hydrogen-bond donors (Lipinski definition) is 0. The highest BCUT2D eigenvalue weighted by Gasteiger charge is 2.25. The number of rotatable bonds is 4. The van der Waals surface area contributed by atoms with Crippen LogP contribution in [-0.2, 0) is 26.0 Å². The molecule has 2 aromatic rings. The number of ether oxygens (including phenoxy) is 1. The van der Waals surface area contributed by atoms with Gasteiger partial charge >= 0.3 is 5.97 Å². The van der Waals surface area contributed by atoms with Crippen molar-refractivity contribution in [3.63, 3.8) is 0 Å². The minimum absolute atomic E-state index is 0.262. The summed E-state index contributed by atoms with van der Waals surface area (Å²) in [5.74, 6) is -0.389. The van der Waals surface area contributed by atoms with Crippen LogP contribution in [0.25, 0.3) is 5.57 Å². The largest absolute Gasteiger partial charge is 0.463 e. The van der Waals surface area contributed by atoms with E-state index in [1.165, 1.54) is 10.0 Å². The Labute approximate surface area is 148 Å². The predicted molar refractivity (Wildman–Crippen MR) is 95.7 cm³/mol. The summed E-state index contributed by atoms with van der Waals surface area (Å²) in [5, 5.41) is 0. The van der Waals surface area contributed by atoms with Gasteiger partial charge in [0.2, 0.25) is 0 Å². The average Bonchev–Trinajstić information content (AvgIpc) is 3.01. The van der Waals surface area contributed by atoms with E-state index < -0.39 is 10.0 Å². The first-order chi connectivity index (χ1) is 11.9. The van der Waals surface area contributed by atoms with Crippen LogP contribution in [0.1, 0.15) is 36.6 Å². The first-order valence-corrected chi connectivity index (χ1v) is 9.77. The Morgan fingerprint density at radius 1 is 1.20 bits per heavy atom. The van der Waals surface area contributed by atoms with Crippen LogP contribution in [0.2, 0.25) is 0 Å². The molecule has 0 bridgehead atoms. The molecule has 1 aromatic heterocycles. The second kappa shape index (κ2) is 6.88. The molecule has 3 rings (SSSR count). The highest BCUT2D eigenvalue weighted by Crippen LogP contribution is 2.33. The SMILES string of the molecule is CCOC(=O)C=C1CCCc2c1ccn2S(=O)(=O)c1ccc(C)cc1. The van der Waals surface area contributed by atoms with E-state index in [1.807, 2.05) is 6.92 Å². The Morgan fingerprint density at radius 2 is 1.92 bits per heavy atom. The van der Waals surface area contributed by atoms with E-state index in [9.17, 15) is 13.2 Å². The number of allylic oxidation sites excluding steroid dienone is 1. The molecule has 0 atom stereocenters. The third kappa shape index (κ3) is 3.39. The summed E-state index contributed by atoms with van der Waals surface area (Å²) in [7, 11) is -3.64. The van der Waals surface area contributed by atoms with Gasteiger partial charge in [0.1, 0.15) is 0 Å². The van der Waals surface area contributed by atoms with E-state index in [4.69, 9.17) is 4.74 Å². The van der Waals surface area contributed by atoms with Gasteiger partial charge in [-0.2, -0.15) is 0 Å². The minimum atomic E-state index is -3.64. The van der Waals surface area contributed by atoms with E-state index in [2.05, 4.69) is 0 Å². The predicted octanol–water partition coefficient (Wildman–Crippen LogP) is 3.32. The van der Waals surface area contributed by atoms with Crippen LogP contribution in [0.5, 0.6) is 0 Å². The third-order valence-electron chi connectivity index (χ3n) is 4.32. The number of aromatic nitrogens is 1. The Morgan fingerprint density at radius 3 is 2.60 bits per heavy atom. The molecule has 0 fully saturated rings. The number of carbonyl (C=O) groups is 1. The van der Waals surface area contributed by atoms with Crippen molar-refractivity contribution in [1.82, 2.24) is 3.97 Å². The van der Waals surface area contributed by atoms with Gasteiger partial charge in [-0.25, -0.2) is 17.2 Å². The Balaban J connectivity index is 2.02. The molecule has 1 aliphatic carbocycles. The first kappa shape index (κ1) is 17.5. The molecule has 25 heavy (non-hydrogen) atoms. The molecule has 0 saturated carbocycles. The van der Waals surface area contributed by atoms with Crippen molar-refractivity contribution in [2.75, 3.05) is 6.61 Å². The summed E-state index contributed by atoms with van der Waals surface area (Å²) in [5.41, 5.74) is 3.38. The van der Waals surface area contributed by atoms with Crippen LogP contribution in [-0.4, -0.2) is 25.0 Å². The second-order valence-electron chi connectivity index (χ2n) is 6.07. The fourth-order valence-electron chi connectivity index (χ4n) is 3.09. The lowest BCUT2D eigenvalue weighted by atomic mass is 9.92. The molecule has 1 aromatic carbocycles. The lowest BCUT2D eigenvalue weighted by Gasteiger charge is -2.18. The highest BCUT2D eigenvalue weighted by molar-refractivity contribution is 7.90. The van der Waals surface area contributed by atoms with Crippen LogP contribution in [0.15, 0.2) is 47.5 Å². The van der Waals surface area contributed by atoms with Gasteiger partial charge in [-0.15, -0.1) is 0 Å². The molecule has 6 heteroatoms. The van der Waals surface area contributed by atoms with Crippen LogP contribution in [0.4, 0.5) is 0 Å². The number of aryl methyl sites for hydroxylation is 1. The monoisotopic (exact) mass is 359 g/mol. The summed E-state index contributed by atoms with van der Waals surface area (Å²) < 4.78 is 32.2. The van der Waals surface area contributed by atoms with Crippen molar-refractivity contribution in [3.05, 3.63) is 59.4 Å². The first-order valence-electron chi connectivity index (χ1n) is 8.33. The molecular formula is C19H21NO4S. The number of esters is 1. The molecule has 5 nitrogen and oxygen atoms in total. The maximum absolute atomic E-state index is 13.0. The summed E-state index contributed by atoms with van der Waals surface area (Å²) in [6, 6.07) is 8.58. The van der Waals surface area contributed by atoms with Gasteiger partial charge in [-0.1, -0.05) is 17.7 Å². The molecule has 0 saturated heterocycles. The van der Waals surface area contributed by atoms with Crippen molar-refractivity contribution in [1.29, 1.82) is 0 Å². The Bertz CT molecular complexity index is 921. The van der Waals surface area contributed by atoms with Gasteiger partial charge in [0.25, 0.3) is 10.0 Å². The molecule has 1 aliphatic rings. The van der Waals surface area contributed by atoms with Gasteiger partial charge in [0.15, 0.2) is 0 Å². The van der Waals surface area contributed by atoms with E-state index in [1.54, 1.807) is 43.5 Å². The molecule has 0 unspecified atom stereocenters. The standard InChI is InChI=1S/C19H21NO4S/c1-3-24-19(21)13-15-5-4-6-18-17(15)11-12-20(18)25(22,23)16-9-7-14(2)8-10-16/h7-13H,3-6H2,1-2H3. The third-order valence-corrected chi connectivity index (χ3v) is 6.04. The van der Waals surface area contributed by atoms with Crippen LogP contribution >= 0.6 is 0 Å². The van der Waals surface area contributed by atoms with Crippen molar-refractivity contribution >= 4 is 21.6 Å². The number of hydrogen-bond acceptors (Lipinski definition) is 4. The molecule has 0 radical (unpaired) electrons. The van der Waals surface area contributed by atoms with Gasteiger partial charge < -0.3 is 4.74 Å². The molecule has 0 amide bonds.